The molecule has 29 heavy (non-hydrogen) atoms. The zero-order chi connectivity index (χ0) is 21.8. The first-order chi connectivity index (χ1) is 13.6. The van der Waals surface area contributed by atoms with Crippen molar-refractivity contribution >= 4 is 27.6 Å². The lowest BCUT2D eigenvalue weighted by Crippen LogP contribution is -2.30. The van der Waals surface area contributed by atoms with Crippen LogP contribution in [-0.4, -0.2) is 51.9 Å². The quantitative estimate of drug-likeness (QED) is 0.691. The number of sulfonamides is 1. The van der Waals surface area contributed by atoms with Crippen molar-refractivity contribution < 1.29 is 27.5 Å². The Hall–Kier alpha value is -2.91. The molecule has 0 bridgehead atoms. The molecule has 2 rings (SSSR count). The van der Waals surface area contributed by atoms with Gasteiger partial charge in [-0.1, -0.05) is 17.7 Å². The Morgan fingerprint density at radius 3 is 2.24 bits per heavy atom. The van der Waals surface area contributed by atoms with Gasteiger partial charge in [-0.15, -0.1) is 0 Å². The molecule has 0 unspecified atom stereocenters. The van der Waals surface area contributed by atoms with Gasteiger partial charge >= 0.3 is 5.97 Å². The number of aryl methyl sites for hydroxylation is 1. The van der Waals surface area contributed by atoms with E-state index in [1.807, 2.05) is 19.1 Å². The van der Waals surface area contributed by atoms with E-state index in [0.29, 0.717) is 5.69 Å². The lowest BCUT2D eigenvalue weighted by Gasteiger charge is -2.16. The predicted octanol–water partition coefficient (Wildman–Crippen LogP) is 2.44. The van der Waals surface area contributed by atoms with Gasteiger partial charge in [0.2, 0.25) is 10.0 Å². The number of anilines is 1. The molecule has 9 heteroatoms. The summed E-state index contributed by atoms with van der Waals surface area (Å²) in [5.41, 5.74) is 1.61. The number of benzene rings is 2. The van der Waals surface area contributed by atoms with E-state index in [0.717, 1.165) is 9.87 Å². The minimum absolute atomic E-state index is 0.0128. The van der Waals surface area contributed by atoms with E-state index in [-0.39, 0.29) is 16.2 Å². The van der Waals surface area contributed by atoms with Crippen molar-refractivity contribution in [3.05, 3.63) is 53.6 Å². The molecule has 0 fully saturated rings. The number of methoxy groups -OCH3 is 1. The van der Waals surface area contributed by atoms with Crippen LogP contribution in [0.2, 0.25) is 0 Å². The van der Waals surface area contributed by atoms with Gasteiger partial charge in [-0.2, -0.15) is 0 Å². The Kier molecular flexibility index (Phi) is 6.99. The van der Waals surface area contributed by atoms with Crippen LogP contribution in [0.25, 0.3) is 0 Å². The van der Waals surface area contributed by atoms with Gasteiger partial charge in [0.1, 0.15) is 10.6 Å². The first-order valence-corrected chi connectivity index (χ1v) is 10.2. The number of rotatable bonds is 7. The van der Waals surface area contributed by atoms with Crippen LogP contribution in [-0.2, 0) is 19.6 Å². The fraction of sp³-hybridized carbons (Fsp3) is 0.300. The van der Waals surface area contributed by atoms with Gasteiger partial charge in [0.25, 0.3) is 5.91 Å². The van der Waals surface area contributed by atoms with Gasteiger partial charge in [-0.3, -0.25) is 4.79 Å². The molecule has 0 aromatic heterocycles. The maximum absolute atomic E-state index is 12.5. The monoisotopic (exact) mass is 420 g/mol. The van der Waals surface area contributed by atoms with Crippen LogP contribution in [0.15, 0.2) is 47.4 Å². The molecule has 8 nitrogen and oxygen atoms in total. The molecule has 0 aliphatic carbocycles. The maximum atomic E-state index is 12.5. The van der Waals surface area contributed by atoms with Crippen LogP contribution in [0, 0.1) is 6.92 Å². The van der Waals surface area contributed by atoms with Crippen LogP contribution in [0.4, 0.5) is 5.69 Å². The summed E-state index contributed by atoms with van der Waals surface area (Å²) in [6.45, 7) is 3.36. The zero-order valence-electron chi connectivity index (χ0n) is 16.9. The van der Waals surface area contributed by atoms with E-state index in [1.165, 1.54) is 46.3 Å². The Balaban J connectivity index is 2.17. The highest BCUT2D eigenvalue weighted by atomic mass is 32.2. The number of hydrogen-bond donors (Lipinski definition) is 1. The topological polar surface area (TPSA) is 102 Å². The van der Waals surface area contributed by atoms with Crippen molar-refractivity contribution in [2.24, 2.45) is 0 Å². The number of amides is 1. The molecule has 0 saturated heterocycles. The van der Waals surface area contributed by atoms with Crippen molar-refractivity contribution in [3.63, 3.8) is 0 Å². The standard InChI is InChI=1S/C20H24N2O6S/c1-13-6-9-16(10-7-13)21-19(23)14(2)28-20(24)15-8-11-17(27-5)18(12-15)29(25,26)22(3)4/h6-12,14H,1-5H3,(H,21,23)/t14-/m0/s1. The van der Waals surface area contributed by atoms with Gasteiger partial charge < -0.3 is 14.8 Å². The summed E-state index contributed by atoms with van der Waals surface area (Å²) in [4.78, 5) is 24.6. The molecule has 2 aromatic rings. The molecule has 0 spiro atoms. The molecule has 0 saturated carbocycles. The number of nitrogens with one attached hydrogen (secondary N) is 1. The SMILES string of the molecule is COc1ccc(C(=O)O[C@@H](C)C(=O)Nc2ccc(C)cc2)cc1S(=O)(=O)N(C)C. The second kappa shape index (κ2) is 9.06. The summed E-state index contributed by atoms with van der Waals surface area (Å²) < 4.78 is 36.2. The Morgan fingerprint density at radius 2 is 1.69 bits per heavy atom. The molecule has 0 aliphatic heterocycles. The summed E-state index contributed by atoms with van der Waals surface area (Å²) in [6, 6.07) is 11.1. The summed E-state index contributed by atoms with van der Waals surface area (Å²) in [5.74, 6) is -1.23. The van der Waals surface area contributed by atoms with Crippen LogP contribution in [0.1, 0.15) is 22.8 Å². The molecule has 0 aliphatic rings. The first-order valence-electron chi connectivity index (χ1n) is 8.75. The number of nitrogens with zero attached hydrogens (tertiary/aromatic N) is 1. The van der Waals surface area contributed by atoms with Crippen LogP contribution in [0.5, 0.6) is 5.75 Å². The lowest BCUT2D eigenvalue weighted by atomic mass is 10.2. The number of carbonyl (C=O) groups is 2. The largest absolute Gasteiger partial charge is 0.495 e. The third-order valence-electron chi connectivity index (χ3n) is 4.13. The number of ether oxygens (including phenoxy) is 2. The van der Waals surface area contributed by atoms with Crippen LogP contribution >= 0.6 is 0 Å². The molecular weight excluding hydrogens is 396 g/mol. The Labute approximate surface area is 170 Å². The van der Waals surface area contributed by atoms with Gasteiger partial charge in [0, 0.05) is 19.8 Å². The third kappa shape index (κ3) is 5.33. The van der Waals surface area contributed by atoms with Crippen molar-refractivity contribution in [2.45, 2.75) is 24.8 Å². The normalized spacial score (nSPS) is 12.3. The number of esters is 1. The number of carbonyl (C=O) groups excluding carboxylic acids is 2. The third-order valence-corrected chi connectivity index (χ3v) is 5.97. The van der Waals surface area contributed by atoms with Crippen molar-refractivity contribution in [1.29, 1.82) is 0 Å². The second-order valence-electron chi connectivity index (χ2n) is 6.56. The Bertz CT molecular complexity index is 1000. The van der Waals surface area contributed by atoms with Crippen molar-refractivity contribution in [3.8, 4) is 5.75 Å². The predicted molar refractivity (Wildman–Crippen MR) is 109 cm³/mol. The van der Waals surface area contributed by atoms with E-state index in [2.05, 4.69) is 5.32 Å². The molecular formula is C20H24N2O6S. The zero-order valence-corrected chi connectivity index (χ0v) is 17.7. The first kappa shape index (κ1) is 22.4. The van der Waals surface area contributed by atoms with E-state index in [4.69, 9.17) is 9.47 Å². The van der Waals surface area contributed by atoms with Crippen LogP contribution < -0.4 is 10.1 Å². The highest BCUT2D eigenvalue weighted by molar-refractivity contribution is 7.89. The van der Waals surface area contributed by atoms with Crippen molar-refractivity contribution in [2.75, 3.05) is 26.5 Å². The molecule has 1 N–H and O–H groups in total. The highest BCUT2D eigenvalue weighted by Crippen LogP contribution is 2.27. The fourth-order valence-corrected chi connectivity index (χ4v) is 3.44. The molecule has 1 amide bonds. The van der Waals surface area contributed by atoms with Gasteiger partial charge in [0.15, 0.2) is 6.10 Å². The van der Waals surface area contributed by atoms with E-state index >= 15 is 0 Å². The van der Waals surface area contributed by atoms with Gasteiger partial charge in [0.05, 0.1) is 12.7 Å². The molecule has 1 atom stereocenters. The summed E-state index contributed by atoms with van der Waals surface area (Å²) in [7, 11) is 0.234. The summed E-state index contributed by atoms with van der Waals surface area (Å²) in [5, 5.41) is 2.66. The second-order valence-corrected chi connectivity index (χ2v) is 8.68. The Morgan fingerprint density at radius 1 is 1.07 bits per heavy atom. The van der Waals surface area contributed by atoms with Crippen molar-refractivity contribution in [1.82, 2.24) is 4.31 Å². The van der Waals surface area contributed by atoms with E-state index in [9.17, 15) is 18.0 Å². The molecule has 156 valence electrons. The summed E-state index contributed by atoms with van der Waals surface area (Å²) in [6.07, 6.45) is -1.08. The maximum Gasteiger partial charge on any atom is 0.338 e. The molecule has 0 radical (unpaired) electrons. The minimum atomic E-state index is -3.84. The average molecular weight is 420 g/mol. The smallest absolute Gasteiger partial charge is 0.338 e. The highest BCUT2D eigenvalue weighted by Gasteiger charge is 2.25. The summed E-state index contributed by atoms with van der Waals surface area (Å²) >= 11 is 0. The molecule has 0 heterocycles. The lowest BCUT2D eigenvalue weighted by molar-refractivity contribution is -0.123. The molecule has 2 aromatic carbocycles. The minimum Gasteiger partial charge on any atom is -0.495 e. The number of hydrogen-bond acceptors (Lipinski definition) is 6. The van der Waals surface area contributed by atoms with Gasteiger partial charge in [-0.05, 0) is 44.2 Å². The average Bonchev–Trinajstić information content (AvgIpc) is 2.68. The van der Waals surface area contributed by atoms with E-state index in [1.54, 1.807) is 12.1 Å². The fourth-order valence-electron chi connectivity index (χ4n) is 2.36. The van der Waals surface area contributed by atoms with Crippen LogP contribution in [0.3, 0.4) is 0 Å². The van der Waals surface area contributed by atoms with Gasteiger partial charge in [-0.25, -0.2) is 17.5 Å². The van der Waals surface area contributed by atoms with E-state index < -0.39 is 28.0 Å².